The topological polar surface area (TPSA) is 29.0 Å². The number of allylic oxidation sites excluding steroid dienone is 2. The molecule has 0 radical (unpaired) electrons. The molecule has 1 aromatic heterocycles. The van der Waals surface area contributed by atoms with E-state index in [4.69, 9.17) is 0 Å². The zero-order chi connectivity index (χ0) is 15.9. The molecule has 0 aliphatic carbocycles. The number of rotatable bonds is 3. The van der Waals surface area contributed by atoms with Crippen molar-refractivity contribution in [2.24, 2.45) is 0 Å². The zero-order valence-electron chi connectivity index (χ0n) is 13.2. The molecule has 0 bridgehead atoms. The van der Waals surface area contributed by atoms with Crippen molar-refractivity contribution in [3.63, 3.8) is 0 Å². The van der Waals surface area contributed by atoms with Crippen LogP contribution in [0.25, 0.3) is 23.9 Å². The van der Waals surface area contributed by atoms with Gasteiger partial charge in [0.15, 0.2) is 0 Å². The van der Waals surface area contributed by atoms with E-state index in [1.807, 2.05) is 0 Å². The molecule has 3 rings (SSSR count). The van der Waals surface area contributed by atoms with Crippen molar-refractivity contribution in [3.8, 4) is 0 Å². The number of nitrogens with one attached hydrogen (secondary N) is 2. The van der Waals surface area contributed by atoms with E-state index in [0.717, 1.165) is 57.9 Å². The molecule has 2 N–H and O–H groups in total. The Bertz CT molecular complexity index is 857. The first kappa shape index (κ1) is 14.5. The van der Waals surface area contributed by atoms with Crippen LogP contribution < -0.4 is 21.3 Å². The lowest BCUT2D eigenvalue weighted by molar-refractivity contribution is 0.458. The van der Waals surface area contributed by atoms with Crippen LogP contribution in [0.2, 0.25) is 0 Å². The van der Waals surface area contributed by atoms with Gasteiger partial charge in [-0.1, -0.05) is 38.4 Å². The summed E-state index contributed by atoms with van der Waals surface area (Å²) in [6.45, 7) is 19.8. The SMILES string of the molecule is C=C1CCC(n2c(=C)c3cccc(NCC)c3c2=C)C(=C)N1. The van der Waals surface area contributed by atoms with Crippen LogP contribution in [0.1, 0.15) is 25.8 Å². The Labute approximate surface area is 131 Å². The largest absolute Gasteiger partial charge is 0.385 e. The molecule has 0 saturated carbocycles. The van der Waals surface area contributed by atoms with E-state index in [1.54, 1.807) is 0 Å². The van der Waals surface area contributed by atoms with Gasteiger partial charge in [-0.25, -0.2) is 0 Å². The smallest absolute Gasteiger partial charge is 0.0738 e. The molecule has 1 aromatic carbocycles. The van der Waals surface area contributed by atoms with Gasteiger partial charge >= 0.3 is 0 Å². The van der Waals surface area contributed by atoms with Gasteiger partial charge in [-0.2, -0.15) is 0 Å². The van der Waals surface area contributed by atoms with E-state index in [-0.39, 0.29) is 6.04 Å². The third kappa shape index (κ3) is 2.13. The normalized spacial score (nSPS) is 18.5. The van der Waals surface area contributed by atoms with Crippen LogP contribution in [0, 0.1) is 0 Å². The number of benzene rings is 1. The number of anilines is 1. The molecule has 2 aromatic rings. The van der Waals surface area contributed by atoms with E-state index < -0.39 is 0 Å². The maximum absolute atomic E-state index is 4.33. The predicted octanol–water partition coefficient (Wildman–Crippen LogP) is 2.85. The van der Waals surface area contributed by atoms with Crippen molar-refractivity contribution < 1.29 is 0 Å². The molecule has 3 heteroatoms. The Morgan fingerprint density at radius 1 is 1.23 bits per heavy atom. The summed E-state index contributed by atoms with van der Waals surface area (Å²) in [5.41, 5.74) is 3.12. The van der Waals surface area contributed by atoms with E-state index in [2.05, 4.69) is 66.6 Å². The summed E-state index contributed by atoms with van der Waals surface area (Å²) in [5.74, 6) is 0. The molecular formula is C19H23N3. The molecule has 1 saturated heterocycles. The quantitative estimate of drug-likeness (QED) is 0.911. The minimum Gasteiger partial charge on any atom is -0.385 e. The zero-order valence-corrected chi connectivity index (χ0v) is 13.2. The number of nitrogens with zero attached hydrogens (tertiary/aromatic N) is 1. The lowest BCUT2D eigenvalue weighted by Crippen LogP contribution is -2.36. The second kappa shape index (κ2) is 5.41. The fourth-order valence-electron chi connectivity index (χ4n) is 3.37. The average molecular weight is 293 g/mol. The molecule has 2 heterocycles. The van der Waals surface area contributed by atoms with Crippen molar-refractivity contribution in [3.05, 3.63) is 53.4 Å². The molecule has 1 aliphatic rings. The summed E-state index contributed by atoms with van der Waals surface area (Å²) >= 11 is 0. The first-order chi connectivity index (χ1) is 10.5. The van der Waals surface area contributed by atoms with Crippen molar-refractivity contribution in [2.45, 2.75) is 25.8 Å². The van der Waals surface area contributed by atoms with E-state index in [1.165, 1.54) is 0 Å². The number of fused-ring (bicyclic) bond motifs is 1. The van der Waals surface area contributed by atoms with Crippen LogP contribution in [0.3, 0.4) is 0 Å². The van der Waals surface area contributed by atoms with E-state index in [0.29, 0.717) is 0 Å². The molecule has 22 heavy (non-hydrogen) atoms. The van der Waals surface area contributed by atoms with Crippen LogP contribution in [-0.2, 0) is 0 Å². The predicted molar refractivity (Wildman–Crippen MR) is 96.1 cm³/mol. The number of hydrogen-bond acceptors (Lipinski definition) is 2. The highest BCUT2D eigenvalue weighted by atomic mass is 15.1. The Morgan fingerprint density at radius 3 is 2.68 bits per heavy atom. The molecule has 0 spiro atoms. The highest BCUT2D eigenvalue weighted by Gasteiger charge is 2.23. The third-order valence-corrected chi connectivity index (χ3v) is 4.38. The van der Waals surface area contributed by atoms with Crippen LogP contribution in [0.15, 0.2) is 42.8 Å². The summed E-state index contributed by atoms with van der Waals surface area (Å²) in [5, 5.41) is 11.0. The van der Waals surface area contributed by atoms with Crippen molar-refractivity contribution >= 4 is 29.6 Å². The summed E-state index contributed by atoms with van der Waals surface area (Å²) in [6.07, 6.45) is 1.92. The summed E-state index contributed by atoms with van der Waals surface area (Å²) in [6, 6.07) is 6.45. The van der Waals surface area contributed by atoms with Crippen LogP contribution in [0.4, 0.5) is 5.69 Å². The molecule has 114 valence electrons. The minimum absolute atomic E-state index is 0.173. The van der Waals surface area contributed by atoms with Crippen molar-refractivity contribution in [1.29, 1.82) is 0 Å². The maximum Gasteiger partial charge on any atom is 0.0738 e. The highest BCUT2D eigenvalue weighted by molar-refractivity contribution is 5.94. The van der Waals surface area contributed by atoms with E-state index in [9.17, 15) is 0 Å². The highest BCUT2D eigenvalue weighted by Crippen LogP contribution is 2.27. The van der Waals surface area contributed by atoms with Gasteiger partial charge in [0, 0.05) is 45.1 Å². The molecular weight excluding hydrogens is 270 g/mol. The average Bonchev–Trinajstić information content (AvgIpc) is 2.73. The Balaban J connectivity index is 2.21. The number of aromatic nitrogens is 1. The van der Waals surface area contributed by atoms with Gasteiger partial charge < -0.3 is 15.2 Å². The fraction of sp³-hybridized carbons (Fsp3) is 0.263. The van der Waals surface area contributed by atoms with E-state index >= 15 is 0 Å². The van der Waals surface area contributed by atoms with Crippen molar-refractivity contribution in [1.82, 2.24) is 9.88 Å². The first-order valence-corrected chi connectivity index (χ1v) is 7.72. The summed E-state index contributed by atoms with van der Waals surface area (Å²) < 4.78 is 2.22. The van der Waals surface area contributed by atoms with Gasteiger partial charge in [0.25, 0.3) is 0 Å². The second-order valence-corrected chi connectivity index (χ2v) is 5.83. The molecule has 1 fully saturated rings. The molecule has 1 aliphatic heterocycles. The molecule has 1 unspecified atom stereocenters. The van der Waals surface area contributed by atoms with Gasteiger partial charge in [0.05, 0.1) is 6.04 Å². The Hall–Kier alpha value is -2.42. The lowest BCUT2D eigenvalue weighted by Gasteiger charge is -2.29. The van der Waals surface area contributed by atoms with Crippen LogP contribution >= 0.6 is 0 Å². The third-order valence-electron chi connectivity index (χ3n) is 4.38. The Morgan fingerprint density at radius 2 is 2.00 bits per heavy atom. The van der Waals surface area contributed by atoms with Crippen molar-refractivity contribution in [2.75, 3.05) is 11.9 Å². The minimum atomic E-state index is 0.173. The Kier molecular flexibility index (Phi) is 3.57. The monoisotopic (exact) mass is 293 g/mol. The first-order valence-electron chi connectivity index (χ1n) is 7.72. The molecule has 3 nitrogen and oxygen atoms in total. The van der Waals surface area contributed by atoms with Gasteiger partial charge in [-0.3, -0.25) is 0 Å². The standard InChI is InChI=1S/C19H23N3/c1-6-20-17-9-7-8-16-14(4)22(15(5)19(16)17)18-11-10-12(2)21-13(18)3/h7-9,18,20-21H,2-6,10-11H2,1H3. The fourth-order valence-corrected chi connectivity index (χ4v) is 3.37. The molecule has 1 atom stereocenters. The summed E-state index contributed by atoms with van der Waals surface area (Å²) in [4.78, 5) is 0. The second-order valence-electron chi connectivity index (χ2n) is 5.83. The number of piperidine rings is 1. The van der Waals surface area contributed by atoms with Gasteiger partial charge in [0.2, 0.25) is 0 Å². The lowest BCUT2D eigenvalue weighted by atomic mass is 10.0. The van der Waals surface area contributed by atoms with Crippen LogP contribution in [-0.4, -0.2) is 11.1 Å². The van der Waals surface area contributed by atoms with Gasteiger partial charge in [0.1, 0.15) is 0 Å². The van der Waals surface area contributed by atoms with Crippen LogP contribution in [0.5, 0.6) is 0 Å². The summed E-state index contributed by atoms with van der Waals surface area (Å²) in [7, 11) is 0. The number of hydrogen-bond donors (Lipinski definition) is 2. The van der Waals surface area contributed by atoms with Gasteiger partial charge in [-0.15, -0.1) is 0 Å². The van der Waals surface area contributed by atoms with Gasteiger partial charge in [-0.05, 0) is 25.8 Å². The maximum atomic E-state index is 4.33. The molecule has 0 amide bonds.